The molecule has 0 fully saturated rings. The second-order valence-corrected chi connectivity index (χ2v) is 3.67. The first-order valence-corrected chi connectivity index (χ1v) is 4.71. The van der Waals surface area contributed by atoms with Gasteiger partial charge in [0.2, 0.25) is 5.91 Å². The van der Waals surface area contributed by atoms with Crippen LogP contribution in [-0.4, -0.2) is 59.9 Å². The fourth-order valence-electron chi connectivity index (χ4n) is 0.806. The number of hydrogen-bond acceptors (Lipinski definition) is 4. The van der Waals surface area contributed by atoms with Crippen molar-refractivity contribution in [3.8, 4) is 0 Å². The van der Waals surface area contributed by atoms with Crippen LogP contribution in [0.1, 0.15) is 13.8 Å². The molecule has 0 aromatic heterocycles. The van der Waals surface area contributed by atoms with Crippen molar-refractivity contribution < 1.29 is 15.0 Å². The first-order valence-electron chi connectivity index (χ1n) is 4.71. The van der Waals surface area contributed by atoms with Crippen LogP contribution in [0.15, 0.2) is 0 Å². The normalized spacial score (nSPS) is 14.9. The summed E-state index contributed by atoms with van der Waals surface area (Å²) in [6.07, 6.45) is 0. The quantitative estimate of drug-likeness (QED) is 0.508. The van der Waals surface area contributed by atoms with Gasteiger partial charge in [-0.05, 0) is 13.8 Å². The average Bonchev–Trinajstić information content (AvgIpc) is 2.16. The van der Waals surface area contributed by atoms with E-state index in [9.17, 15) is 9.90 Å². The Morgan fingerprint density at radius 3 is 2.57 bits per heavy atom. The molecule has 3 N–H and O–H groups in total. The number of amides is 1. The summed E-state index contributed by atoms with van der Waals surface area (Å²) in [5.41, 5.74) is -1.16. The molecule has 1 atom stereocenters. The lowest BCUT2D eigenvalue weighted by molar-refractivity contribution is -0.128. The van der Waals surface area contributed by atoms with Crippen molar-refractivity contribution in [1.29, 1.82) is 0 Å². The summed E-state index contributed by atoms with van der Waals surface area (Å²) in [6, 6.07) is 0. The summed E-state index contributed by atoms with van der Waals surface area (Å²) in [4.78, 5) is 12.9. The van der Waals surface area contributed by atoms with Crippen LogP contribution in [0.25, 0.3) is 0 Å². The molecule has 1 amide bonds. The maximum absolute atomic E-state index is 11.3. The molecule has 14 heavy (non-hydrogen) atoms. The van der Waals surface area contributed by atoms with Crippen LogP contribution in [0.4, 0.5) is 0 Å². The first kappa shape index (κ1) is 13.4. The van der Waals surface area contributed by atoms with E-state index in [4.69, 9.17) is 5.11 Å². The van der Waals surface area contributed by atoms with Gasteiger partial charge >= 0.3 is 0 Å². The number of likely N-dealkylation sites (N-methyl/N-ethyl adjacent to an activating group) is 1. The van der Waals surface area contributed by atoms with Crippen molar-refractivity contribution in [2.45, 2.75) is 19.4 Å². The van der Waals surface area contributed by atoms with Gasteiger partial charge in [-0.15, -0.1) is 0 Å². The van der Waals surface area contributed by atoms with Crippen LogP contribution in [-0.2, 0) is 4.79 Å². The van der Waals surface area contributed by atoms with Gasteiger partial charge in [0, 0.05) is 20.1 Å². The van der Waals surface area contributed by atoms with E-state index in [0.717, 1.165) is 0 Å². The van der Waals surface area contributed by atoms with E-state index < -0.39 is 5.60 Å². The number of carbonyl (C=O) groups excluding carboxylic acids is 1. The van der Waals surface area contributed by atoms with Crippen molar-refractivity contribution in [1.82, 2.24) is 10.2 Å². The van der Waals surface area contributed by atoms with Gasteiger partial charge in [-0.3, -0.25) is 4.79 Å². The Morgan fingerprint density at radius 1 is 1.57 bits per heavy atom. The maximum atomic E-state index is 11.3. The molecule has 0 spiro atoms. The topological polar surface area (TPSA) is 72.8 Å². The van der Waals surface area contributed by atoms with Gasteiger partial charge in [-0.1, -0.05) is 0 Å². The molecular weight excluding hydrogens is 184 g/mol. The lowest BCUT2D eigenvalue weighted by Gasteiger charge is -2.21. The third-order valence-electron chi connectivity index (χ3n) is 2.02. The molecule has 0 aliphatic carbocycles. The Labute approximate surface area is 84.7 Å². The monoisotopic (exact) mass is 204 g/mol. The molecule has 0 saturated carbocycles. The van der Waals surface area contributed by atoms with Crippen LogP contribution >= 0.6 is 0 Å². The van der Waals surface area contributed by atoms with E-state index >= 15 is 0 Å². The fourth-order valence-corrected chi connectivity index (χ4v) is 0.806. The highest BCUT2D eigenvalue weighted by Crippen LogP contribution is 1.97. The van der Waals surface area contributed by atoms with Crippen LogP contribution < -0.4 is 5.32 Å². The van der Waals surface area contributed by atoms with Gasteiger partial charge in [0.1, 0.15) is 0 Å². The summed E-state index contributed by atoms with van der Waals surface area (Å²) in [7, 11) is 1.72. The van der Waals surface area contributed by atoms with Crippen LogP contribution in [0.3, 0.4) is 0 Å². The van der Waals surface area contributed by atoms with Crippen LogP contribution in [0.2, 0.25) is 0 Å². The lowest BCUT2D eigenvalue weighted by Crippen LogP contribution is -2.44. The minimum atomic E-state index is -1.16. The van der Waals surface area contributed by atoms with Gasteiger partial charge in [0.15, 0.2) is 0 Å². The van der Waals surface area contributed by atoms with Crippen molar-refractivity contribution in [2.75, 3.05) is 33.3 Å². The number of hydrogen-bond donors (Lipinski definition) is 3. The van der Waals surface area contributed by atoms with Gasteiger partial charge in [-0.25, -0.2) is 0 Å². The molecule has 0 bridgehead atoms. The van der Waals surface area contributed by atoms with Gasteiger partial charge < -0.3 is 20.4 Å². The van der Waals surface area contributed by atoms with Crippen molar-refractivity contribution in [3.63, 3.8) is 0 Å². The molecule has 0 saturated heterocycles. The summed E-state index contributed by atoms with van der Waals surface area (Å²) in [5, 5.41) is 20.9. The predicted octanol–water partition coefficient (Wildman–Crippen LogP) is -1.20. The van der Waals surface area contributed by atoms with Gasteiger partial charge in [-0.2, -0.15) is 0 Å². The number of aliphatic hydroxyl groups excluding tert-OH is 1. The third-order valence-corrected chi connectivity index (χ3v) is 2.02. The molecule has 0 aromatic rings. The van der Waals surface area contributed by atoms with Crippen molar-refractivity contribution >= 4 is 5.91 Å². The highest BCUT2D eigenvalue weighted by molar-refractivity contribution is 5.77. The molecule has 84 valence electrons. The lowest BCUT2D eigenvalue weighted by atomic mass is 10.1. The van der Waals surface area contributed by atoms with E-state index in [1.807, 2.05) is 6.92 Å². The molecule has 1 unspecified atom stereocenters. The summed E-state index contributed by atoms with van der Waals surface area (Å²) < 4.78 is 0. The number of nitrogens with one attached hydrogen (secondary N) is 1. The van der Waals surface area contributed by atoms with E-state index in [-0.39, 0.29) is 25.6 Å². The molecule has 5 nitrogen and oxygen atoms in total. The Bertz CT molecular complexity index is 183. The predicted molar refractivity (Wildman–Crippen MR) is 53.9 cm³/mol. The highest BCUT2D eigenvalue weighted by atomic mass is 16.3. The maximum Gasteiger partial charge on any atom is 0.236 e. The number of nitrogens with zero attached hydrogens (tertiary/aromatic N) is 1. The summed E-state index contributed by atoms with van der Waals surface area (Å²) in [5.74, 6) is -0.0266. The van der Waals surface area contributed by atoms with Crippen molar-refractivity contribution in [3.05, 3.63) is 0 Å². The number of aliphatic hydroxyl groups is 2. The van der Waals surface area contributed by atoms with Gasteiger partial charge in [0.05, 0.1) is 18.8 Å². The van der Waals surface area contributed by atoms with E-state index in [2.05, 4.69) is 5.32 Å². The Kier molecular flexibility index (Phi) is 5.68. The van der Waals surface area contributed by atoms with Crippen LogP contribution in [0.5, 0.6) is 0 Å². The second-order valence-electron chi connectivity index (χ2n) is 3.67. The standard InChI is InChI=1S/C9H20N2O3/c1-4-11(3)8(13)5-10-6-9(2,14)7-12/h10,12,14H,4-7H2,1-3H3. The van der Waals surface area contributed by atoms with Gasteiger partial charge in [0.25, 0.3) is 0 Å². The number of carbonyl (C=O) groups is 1. The SMILES string of the molecule is CCN(C)C(=O)CNCC(C)(O)CO. The second kappa shape index (κ2) is 5.95. The third kappa shape index (κ3) is 5.16. The minimum Gasteiger partial charge on any atom is -0.393 e. The Hall–Kier alpha value is -0.650. The van der Waals surface area contributed by atoms with Crippen molar-refractivity contribution in [2.24, 2.45) is 0 Å². The van der Waals surface area contributed by atoms with E-state index in [1.54, 1.807) is 11.9 Å². The van der Waals surface area contributed by atoms with Crippen LogP contribution in [0, 0.1) is 0 Å². The molecule has 0 aliphatic rings. The molecular formula is C9H20N2O3. The zero-order valence-electron chi connectivity index (χ0n) is 9.08. The molecule has 0 heterocycles. The Morgan fingerprint density at radius 2 is 2.14 bits per heavy atom. The fraction of sp³-hybridized carbons (Fsp3) is 0.889. The largest absolute Gasteiger partial charge is 0.393 e. The smallest absolute Gasteiger partial charge is 0.236 e. The number of rotatable bonds is 6. The molecule has 0 aromatic carbocycles. The zero-order chi connectivity index (χ0) is 11.2. The Balaban J connectivity index is 3.69. The summed E-state index contributed by atoms with van der Waals surface area (Å²) in [6.45, 7) is 4.12. The first-order chi connectivity index (χ1) is 6.43. The molecule has 5 heteroatoms. The molecule has 0 rings (SSSR count). The molecule has 0 radical (unpaired) electrons. The van der Waals surface area contributed by atoms with E-state index in [0.29, 0.717) is 6.54 Å². The minimum absolute atomic E-state index is 0.0266. The summed E-state index contributed by atoms with van der Waals surface area (Å²) >= 11 is 0. The highest BCUT2D eigenvalue weighted by Gasteiger charge is 2.18. The zero-order valence-corrected chi connectivity index (χ0v) is 9.08. The van der Waals surface area contributed by atoms with E-state index in [1.165, 1.54) is 6.92 Å². The molecule has 0 aliphatic heterocycles. The average molecular weight is 204 g/mol.